The molecule has 1 aliphatic rings. The number of carbonyl (C=O) groups is 1. The van der Waals surface area contributed by atoms with Crippen LogP contribution in [0.5, 0.6) is 0 Å². The van der Waals surface area contributed by atoms with Gasteiger partial charge in [0.25, 0.3) is 0 Å². The fourth-order valence-corrected chi connectivity index (χ4v) is 2.72. The lowest BCUT2D eigenvalue weighted by molar-refractivity contribution is -0.142. The van der Waals surface area contributed by atoms with Gasteiger partial charge in [0.15, 0.2) is 0 Å². The molecule has 1 fully saturated rings. The maximum Gasteiger partial charge on any atom is 0.320 e. The van der Waals surface area contributed by atoms with Crippen LogP contribution in [0.1, 0.15) is 53.4 Å². The topological polar surface area (TPSA) is 58.6 Å². The van der Waals surface area contributed by atoms with E-state index in [1.54, 1.807) is 0 Å². The Morgan fingerprint density at radius 3 is 2.50 bits per heavy atom. The van der Waals surface area contributed by atoms with Gasteiger partial charge < -0.3 is 15.2 Å². The van der Waals surface area contributed by atoms with Crippen molar-refractivity contribution in [3.63, 3.8) is 0 Å². The van der Waals surface area contributed by atoms with E-state index in [4.69, 9.17) is 4.74 Å². The number of carboxylic acid groups (broad SMARTS) is 1. The Hall–Kier alpha value is -0.610. The van der Waals surface area contributed by atoms with Crippen molar-refractivity contribution in [2.24, 2.45) is 5.92 Å². The number of nitrogens with one attached hydrogen (secondary N) is 1. The molecule has 0 aromatic carbocycles. The van der Waals surface area contributed by atoms with E-state index in [0.29, 0.717) is 0 Å². The molecule has 2 unspecified atom stereocenters. The van der Waals surface area contributed by atoms with Gasteiger partial charge in [-0.1, -0.05) is 27.7 Å². The first-order valence-electron chi connectivity index (χ1n) is 7.07. The summed E-state index contributed by atoms with van der Waals surface area (Å²) >= 11 is 0. The summed E-state index contributed by atoms with van der Waals surface area (Å²) in [6.45, 7) is 8.89. The monoisotopic (exact) mass is 257 g/mol. The van der Waals surface area contributed by atoms with Crippen LogP contribution < -0.4 is 5.32 Å². The highest BCUT2D eigenvalue weighted by molar-refractivity contribution is 5.73. The summed E-state index contributed by atoms with van der Waals surface area (Å²) < 4.78 is 5.91. The van der Waals surface area contributed by atoms with E-state index < -0.39 is 12.0 Å². The van der Waals surface area contributed by atoms with Crippen molar-refractivity contribution in [3.05, 3.63) is 0 Å². The summed E-state index contributed by atoms with van der Waals surface area (Å²) in [5.74, 6) is -0.655. The number of hydrogen-bond acceptors (Lipinski definition) is 3. The average Bonchev–Trinajstić information content (AvgIpc) is 2.35. The van der Waals surface area contributed by atoms with Crippen molar-refractivity contribution < 1.29 is 14.6 Å². The average molecular weight is 257 g/mol. The van der Waals surface area contributed by atoms with Crippen molar-refractivity contribution in [1.82, 2.24) is 5.32 Å². The SMILES string of the molecule is CCC1(CC)CC(NC(C(=O)O)C(C)C)CCO1. The Morgan fingerprint density at radius 1 is 1.44 bits per heavy atom. The minimum atomic E-state index is -0.755. The first-order valence-corrected chi connectivity index (χ1v) is 7.07. The zero-order valence-corrected chi connectivity index (χ0v) is 12.0. The van der Waals surface area contributed by atoms with Crippen LogP contribution in [-0.2, 0) is 9.53 Å². The van der Waals surface area contributed by atoms with Crippen molar-refractivity contribution >= 4 is 5.97 Å². The van der Waals surface area contributed by atoms with Gasteiger partial charge in [0.05, 0.1) is 5.60 Å². The second-order valence-electron chi connectivity index (χ2n) is 5.65. The van der Waals surface area contributed by atoms with E-state index >= 15 is 0 Å². The fraction of sp³-hybridized carbons (Fsp3) is 0.929. The molecule has 0 aromatic heterocycles. The van der Waals surface area contributed by atoms with Crippen LogP contribution in [0.4, 0.5) is 0 Å². The van der Waals surface area contributed by atoms with E-state index in [-0.39, 0.29) is 17.6 Å². The molecule has 4 nitrogen and oxygen atoms in total. The lowest BCUT2D eigenvalue weighted by Gasteiger charge is -2.41. The van der Waals surface area contributed by atoms with Crippen LogP contribution in [0.2, 0.25) is 0 Å². The zero-order valence-electron chi connectivity index (χ0n) is 12.0. The standard InChI is InChI=1S/C14H27NO3/c1-5-14(6-2)9-11(7-8-18-14)15-12(10(3)4)13(16)17/h10-12,15H,5-9H2,1-4H3,(H,16,17). The number of carboxylic acids is 1. The minimum absolute atomic E-state index is 0.0596. The predicted molar refractivity (Wildman–Crippen MR) is 71.7 cm³/mol. The molecule has 0 aliphatic carbocycles. The Morgan fingerprint density at radius 2 is 2.06 bits per heavy atom. The van der Waals surface area contributed by atoms with Gasteiger partial charge in [0.2, 0.25) is 0 Å². The van der Waals surface area contributed by atoms with E-state index in [9.17, 15) is 9.90 Å². The molecule has 0 spiro atoms. The van der Waals surface area contributed by atoms with Crippen molar-refractivity contribution in [2.45, 2.75) is 71.1 Å². The smallest absolute Gasteiger partial charge is 0.320 e. The largest absolute Gasteiger partial charge is 0.480 e. The maximum atomic E-state index is 11.2. The first kappa shape index (κ1) is 15.4. The van der Waals surface area contributed by atoms with Gasteiger partial charge in [0.1, 0.15) is 6.04 Å². The number of hydrogen-bond donors (Lipinski definition) is 2. The lowest BCUT2D eigenvalue weighted by Crippen LogP contribution is -2.52. The van der Waals surface area contributed by atoms with Crippen molar-refractivity contribution in [2.75, 3.05) is 6.61 Å². The molecule has 1 saturated heterocycles. The van der Waals surface area contributed by atoms with E-state index in [1.807, 2.05) is 13.8 Å². The van der Waals surface area contributed by atoms with Gasteiger partial charge in [-0.25, -0.2) is 0 Å². The fourth-order valence-electron chi connectivity index (χ4n) is 2.72. The molecular formula is C14H27NO3. The van der Waals surface area contributed by atoms with Gasteiger partial charge in [-0.15, -0.1) is 0 Å². The van der Waals surface area contributed by atoms with Crippen LogP contribution in [0.15, 0.2) is 0 Å². The Bertz CT molecular complexity index is 274. The highest BCUT2D eigenvalue weighted by atomic mass is 16.5. The molecule has 1 rings (SSSR count). The zero-order chi connectivity index (χ0) is 13.8. The Labute approximate surface area is 110 Å². The summed E-state index contributed by atoms with van der Waals surface area (Å²) in [4.78, 5) is 11.2. The summed E-state index contributed by atoms with van der Waals surface area (Å²) in [5, 5.41) is 12.5. The molecular weight excluding hydrogens is 230 g/mol. The molecule has 2 N–H and O–H groups in total. The van der Waals surface area contributed by atoms with Gasteiger partial charge in [-0.2, -0.15) is 0 Å². The van der Waals surface area contributed by atoms with Crippen LogP contribution in [-0.4, -0.2) is 35.4 Å². The third-order valence-electron chi connectivity index (χ3n) is 4.13. The molecule has 106 valence electrons. The Balaban J connectivity index is 2.64. The highest BCUT2D eigenvalue weighted by Gasteiger charge is 2.36. The van der Waals surface area contributed by atoms with Gasteiger partial charge in [-0.3, -0.25) is 4.79 Å². The van der Waals surface area contributed by atoms with E-state index in [0.717, 1.165) is 32.3 Å². The number of rotatable bonds is 6. The number of aliphatic carboxylic acids is 1. The molecule has 2 atom stereocenters. The predicted octanol–water partition coefficient (Wildman–Crippen LogP) is 2.42. The molecule has 18 heavy (non-hydrogen) atoms. The first-order chi connectivity index (χ1) is 8.44. The van der Waals surface area contributed by atoms with Crippen LogP contribution in [0, 0.1) is 5.92 Å². The third kappa shape index (κ3) is 3.69. The third-order valence-corrected chi connectivity index (χ3v) is 4.13. The molecule has 1 aliphatic heterocycles. The van der Waals surface area contributed by atoms with Crippen LogP contribution >= 0.6 is 0 Å². The maximum absolute atomic E-state index is 11.2. The lowest BCUT2D eigenvalue weighted by atomic mass is 9.85. The minimum Gasteiger partial charge on any atom is -0.480 e. The summed E-state index contributed by atoms with van der Waals surface area (Å²) in [5.41, 5.74) is -0.0596. The normalized spacial score (nSPS) is 25.1. The summed E-state index contributed by atoms with van der Waals surface area (Å²) in [6, 6.07) is -0.207. The molecule has 0 saturated carbocycles. The van der Waals surface area contributed by atoms with Gasteiger partial charge in [-0.05, 0) is 31.6 Å². The molecule has 0 amide bonds. The Kier molecular flexibility index (Phi) is 5.60. The van der Waals surface area contributed by atoms with Crippen LogP contribution in [0.25, 0.3) is 0 Å². The summed E-state index contributed by atoms with van der Waals surface area (Å²) in [7, 11) is 0. The molecule has 0 aromatic rings. The summed E-state index contributed by atoms with van der Waals surface area (Å²) in [6.07, 6.45) is 3.79. The molecule has 0 bridgehead atoms. The number of ether oxygens (including phenoxy) is 1. The van der Waals surface area contributed by atoms with E-state index in [2.05, 4.69) is 19.2 Å². The van der Waals surface area contributed by atoms with Crippen molar-refractivity contribution in [1.29, 1.82) is 0 Å². The van der Waals surface area contributed by atoms with Crippen molar-refractivity contribution in [3.8, 4) is 0 Å². The highest BCUT2D eigenvalue weighted by Crippen LogP contribution is 2.31. The molecule has 4 heteroatoms. The van der Waals surface area contributed by atoms with Crippen LogP contribution in [0.3, 0.4) is 0 Å². The van der Waals surface area contributed by atoms with Gasteiger partial charge in [0, 0.05) is 12.6 Å². The second kappa shape index (κ2) is 6.53. The molecule has 0 radical (unpaired) electrons. The molecule has 1 heterocycles. The second-order valence-corrected chi connectivity index (χ2v) is 5.65. The quantitative estimate of drug-likeness (QED) is 0.767. The van der Waals surface area contributed by atoms with Gasteiger partial charge >= 0.3 is 5.97 Å². The van der Waals surface area contributed by atoms with E-state index in [1.165, 1.54) is 0 Å².